The maximum atomic E-state index is 13.0. The summed E-state index contributed by atoms with van der Waals surface area (Å²) < 4.78 is 40.8. The number of fused-ring (bicyclic) bond motifs is 1. The van der Waals surface area contributed by atoms with Crippen molar-refractivity contribution in [1.82, 2.24) is 14.4 Å². The number of nitrogens with one attached hydrogen (secondary N) is 1. The lowest BCUT2D eigenvalue weighted by molar-refractivity contribution is -0.137. The van der Waals surface area contributed by atoms with Crippen LogP contribution in [0.4, 0.5) is 30.4 Å². The van der Waals surface area contributed by atoms with Crippen molar-refractivity contribution < 1.29 is 13.2 Å². The molecule has 0 bridgehead atoms. The molecule has 2 aromatic heterocycles. The molecule has 0 spiro atoms. The highest BCUT2D eigenvalue weighted by molar-refractivity contribution is 5.74. The SMILES string of the molecule is CN(C)c1ccc(-c2cnc3c(Nc4cccc(C(F)(F)F)c4)nccn23)cc1. The van der Waals surface area contributed by atoms with Crippen LogP contribution in [0.15, 0.2) is 67.1 Å². The van der Waals surface area contributed by atoms with Crippen LogP contribution in [-0.4, -0.2) is 28.5 Å². The third-order valence-electron chi connectivity index (χ3n) is 4.56. The molecule has 5 nitrogen and oxygen atoms in total. The van der Waals surface area contributed by atoms with Crippen molar-refractivity contribution in [2.45, 2.75) is 6.18 Å². The lowest BCUT2D eigenvalue weighted by atomic mass is 10.1. The van der Waals surface area contributed by atoms with E-state index < -0.39 is 11.7 Å². The van der Waals surface area contributed by atoms with E-state index in [9.17, 15) is 13.2 Å². The van der Waals surface area contributed by atoms with Crippen molar-refractivity contribution >= 4 is 22.8 Å². The van der Waals surface area contributed by atoms with Crippen molar-refractivity contribution in [3.05, 3.63) is 72.7 Å². The molecule has 4 rings (SSSR count). The average molecular weight is 397 g/mol. The quantitative estimate of drug-likeness (QED) is 0.513. The summed E-state index contributed by atoms with van der Waals surface area (Å²) in [7, 11) is 3.95. The second-order valence-electron chi connectivity index (χ2n) is 6.76. The average Bonchev–Trinajstić information content (AvgIpc) is 3.13. The predicted molar refractivity (Wildman–Crippen MR) is 107 cm³/mol. The minimum atomic E-state index is -4.41. The summed E-state index contributed by atoms with van der Waals surface area (Å²) in [5, 5.41) is 2.95. The van der Waals surface area contributed by atoms with Crippen LogP contribution in [0.25, 0.3) is 16.9 Å². The number of hydrogen-bond acceptors (Lipinski definition) is 4. The van der Waals surface area contributed by atoms with Gasteiger partial charge in [0.15, 0.2) is 11.5 Å². The first-order chi connectivity index (χ1) is 13.8. The first-order valence-corrected chi connectivity index (χ1v) is 8.87. The van der Waals surface area contributed by atoms with E-state index in [1.165, 1.54) is 6.07 Å². The number of anilines is 3. The van der Waals surface area contributed by atoms with Crippen LogP contribution in [-0.2, 0) is 6.18 Å². The van der Waals surface area contributed by atoms with E-state index in [4.69, 9.17) is 0 Å². The van der Waals surface area contributed by atoms with E-state index in [0.29, 0.717) is 17.2 Å². The maximum absolute atomic E-state index is 13.0. The molecule has 0 fully saturated rings. The molecule has 1 N–H and O–H groups in total. The normalized spacial score (nSPS) is 11.6. The molecular formula is C21H18F3N5. The van der Waals surface area contributed by atoms with Crippen LogP contribution in [0.1, 0.15) is 5.56 Å². The van der Waals surface area contributed by atoms with Gasteiger partial charge in [0.1, 0.15) is 0 Å². The van der Waals surface area contributed by atoms with Gasteiger partial charge >= 0.3 is 6.18 Å². The summed E-state index contributed by atoms with van der Waals surface area (Å²) in [5.74, 6) is 0.378. The molecule has 0 radical (unpaired) electrons. The smallest absolute Gasteiger partial charge is 0.378 e. The summed E-state index contributed by atoms with van der Waals surface area (Å²) >= 11 is 0. The van der Waals surface area contributed by atoms with Gasteiger partial charge in [0.2, 0.25) is 0 Å². The molecule has 29 heavy (non-hydrogen) atoms. The van der Waals surface area contributed by atoms with Gasteiger partial charge in [-0.1, -0.05) is 18.2 Å². The Morgan fingerprint density at radius 2 is 1.76 bits per heavy atom. The fourth-order valence-electron chi connectivity index (χ4n) is 3.06. The summed E-state index contributed by atoms with van der Waals surface area (Å²) in [6.45, 7) is 0. The Hall–Kier alpha value is -3.55. The largest absolute Gasteiger partial charge is 0.416 e. The highest BCUT2D eigenvalue weighted by Gasteiger charge is 2.30. The zero-order chi connectivity index (χ0) is 20.6. The van der Waals surface area contributed by atoms with Gasteiger partial charge in [0.25, 0.3) is 0 Å². The molecule has 0 saturated heterocycles. The summed E-state index contributed by atoms with van der Waals surface area (Å²) in [6, 6.07) is 13.0. The monoisotopic (exact) mass is 397 g/mol. The molecule has 0 unspecified atom stereocenters. The predicted octanol–water partition coefficient (Wildman–Crippen LogP) is 5.22. The van der Waals surface area contributed by atoms with Crippen LogP contribution < -0.4 is 10.2 Å². The van der Waals surface area contributed by atoms with Crippen molar-refractivity contribution in [3.63, 3.8) is 0 Å². The summed E-state index contributed by atoms with van der Waals surface area (Å²) in [5.41, 5.74) is 3.01. The minimum absolute atomic E-state index is 0.292. The topological polar surface area (TPSA) is 45.5 Å². The minimum Gasteiger partial charge on any atom is -0.378 e. The Labute approximate surface area is 165 Å². The Balaban J connectivity index is 1.70. The molecule has 8 heteroatoms. The molecule has 2 aromatic carbocycles. The van der Waals surface area contributed by atoms with Gasteiger partial charge in [-0.2, -0.15) is 13.2 Å². The molecule has 148 valence electrons. The first-order valence-electron chi connectivity index (χ1n) is 8.87. The van der Waals surface area contributed by atoms with Crippen LogP contribution in [0, 0.1) is 0 Å². The molecule has 0 aliphatic carbocycles. The second kappa shape index (κ2) is 7.12. The fourth-order valence-corrected chi connectivity index (χ4v) is 3.06. The van der Waals surface area contributed by atoms with Gasteiger partial charge in [0, 0.05) is 43.4 Å². The number of aromatic nitrogens is 3. The van der Waals surface area contributed by atoms with E-state index >= 15 is 0 Å². The van der Waals surface area contributed by atoms with Crippen LogP contribution in [0.5, 0.6) is 0 Å². The third-order valence-corrected chi connectivity index (χ3v) is 4.56. The Bertz CT molecular complexity index is 1150. The van der Waals surface area contributed by atoms with Gasteiger partial charge in [-0.3, -0.25) is 4.40 Å². The van der Waals surface area contributed by atoms with Crippen molar-refractivity contribution in [2.75, 3.05) is 24.3 Å². The van der Waals surface area contributed by atoms with Crippen molar-refractivity contribution in [3.8, 4) is 11.3 Å². The van der Waals surface area contributed by atoms with Gasteiger partial charge in [-0.25, -0.2) is 9.97 Å². The van der Waals surface area contributed by atoms with E-state index in [1.54, 1.807) is 24.7 Å². The Morgan fingerprint density at radius 1 is 1.00 bits per heavy atom. The van der Waals surface area contributed by atoms with Gasteiger partial charge in [0.05, 0.1) is 17.5 Å². The molecule has 2 heterocycles. The molecule has 0 saturated carbocycles. The number of imidazole rings is 1. The summed E-state index contributed by atoms with van der Waals surface area (Å²) in [6.07, 6.45) is 0.673. The molecule has 0 aliphatic rings. The highest BCUT2D eigenvalue weighted by Crippen LogP contribution is 2.32. The van der Waals surface area contributed by atoms with Crippen molar-refractivity contribution in [2.24, 2.45) is 0 Å². The Kier molecular flexibility index (Phi) is 4.62. The van der Waals surface area contributed by atoms with E-state index in [2.05, 4.69) is 15.3 Å². The van der Waals surface area contributed by atoms with Gasteiger partial charge < -0.3 is 10.2 Å². The van der Waals surface area contributed by atoms with Crippen LogP contribution in [0.3, 0.4) is 0 Å². The molecule has 0 atom stereocenters. The first kappa shape index (κ1) is 18.8. The number of rotatable bonds is 4. The van der Waals surface area contributed by atoms with E-state index in [1.807, 2.05) is 47.7 Å². The van der Waals surface area contributed by atoms with E-state index in [-0.39, 0.29) is 0 Å². The molecule has 0 amide bonds. The maximum Gasteiger partial charge on any atom is 0.416 e. The molecular weight excluding hydrogens is 379 g/mol. The lowest BCUT2D eigenvalue weighted by Gasteiger charge is -2.13. The van der Waals surface area contributed by atoms with Gasteiger partial charge in [-0.05, 0) is 30.3 Å². The number of hydrogen-bond donors (Lipinski definition) is 1. The molecule has 0 aliphatic heterocycles. The zero-order valence-corrected chi connectivity index (χ0v) is 15.8. The zero-order valence-electron chi connectivity index (χ0n) is 15.8. The van der Waals surface area contributed by atoms with Crippen LogP contribution >= 0.6 is 0 Å². The van der Waals surface area contributed by atoms with E-state index in [0.717, 1.165) is 29.1 Å². The fraction of sp³-hybridized carbons (Fsp3) is 0.143. The number of alkyl halides is 3. The summed E-state index contributed by atoms with van der Waals surface area (Å²) in [4.78, 5) is 10.7. The van der Waals surface area contributed by atoms with Crippen LogP contribution in [0.2, 0.25) is 0 Å². The second-order valence-corrected chi connectivity index (χ2v) is 6.76. The third kappa shape index (κ3) is 3.73. The highest BCUT2D eigenvalue weighted by atomic mass is 19.4. The lowest BCUT2D eigenvalue weighted by Crippen LogP contribution is -2.08. The van der Waals surface area contributed by atoms with Crippen molar-refractivity contribution in [1.29, 1.82) is 0 Å². The number of nitrogens with zero attached hydrogens (tertiary/aromatic N) is 4. The standard InChI is InChI=1S/C21H18F3N5/c1-28(2)17-8-6-14(7-9-17)18-13-26-20-19(25-10-11-29(18)20)27-16-5-3-4-15(12-16)21(22,23)24/h3-13H,1-2H3,(H,25,27). The molecule has 4 aromatic rings. The van der Waals surface area contributed by atoms with Gasteiger partial charge in [-0.15, -0.1) is 0 Å². The Morgan fingerprint density at radius 3 is 2.45 bits per heavy atom. The number of halogens is 3. The number of benzene rings is 2.